The summed E-state index contributed by atoms with van der Waals surface area (Å²) in [5, 5.41) is 0. The van der Waals surface area contributed by atoms with E-state index in [2.05, 4.69) is 18.2 Å². The highest BCUT2D eigenvalue weighted by atomic mass is 16.5. The highest BCUT2D eigenvalue weighted by molar-refractivity contribution is 5.42. The van der Waals surface area contributed by atoms with Gasteiger partial charge in [-0.05, 0) is 61.9 Å². The van der Waals surface area contributed by atoms with Crippen LogP contribution in [-0.2, 0) is 12.8 Å². The molecule has 3 rings (SSSR count). The number of hydrogen-bond acceptors (Lipinski definition) is 2. The number of para-hydroxylation sites is 1. The zero-order chi connectivity index (χ0) is 13.9. The van der Waals surface area contributed by atoms with Crippen LogP contribution in [0, 0.1) is 0 Å². The fourth-order valence-electron chi connectivity index (χ4n) is 2.85. The van der Waals surface area contributed by atoms with Crippen molar-refractivity contribution in [1.82, 2.24) is 0 Å². The third-order valence-corrected chi connectivity index (χ3v) is 3.96. The Balaban J connectivity index is 1.88. The fraction of sp³-hybridized carbons (Fsp3) is 0.333. The Labute approximate surface area is 120 Å². The Morgan fingerprint density at radius 3 is 2.55 bits per heavy atom. The van der Waals surface area contributed by atoms with Crippen molar-refractivity contribution < 1.29 is 4.74 Å². The van der Waals surface area contributed by atoms with Gasteiger partial charge in [0, 0.05) is 11.6 Å². The topological polar surface area (TPSA) is 35.2 Å². The van der Waals surface area contributed by atoms with Crippen molar-refractivity contribution in [3.05, 3.63) is 59.2 Å². The number of rotatable bonds is 3. The smallest absolute Gasteiger partial charge is 0.132 e. The zero-order valence-electron chi connectivity index (χ0n) is 11.9. The molecule has 104 valence electrons. The highest BCUT2D eigenvalue weighted by Crippen LogP contribution is 2.31. The van der Waals surface area contributed by atoms with Gasteiger partial charge in [-0.3, -0.25) is 0 Å². The molecular weight excluding hydrogens is 246 g/mol. The van der Waals surface area contributed by atoms with Gasteiger partial charge in [0.2, 0.25) is 0 Å². The predicted octanol–water partition coefficient (Wildman–Crippen LogP) is 4.38. The van der Waals surface area contributed by atoms with E-state index >= 15 is 0 Å². The molecule has 0 radical (unpaired) electrons. The summed E-state index contributed by atoms with van der Waals surface area (Å²) in [5.74, 6) is 1.78. The van der Waals surface area contributed by atoms with Crippen LogP contribution >= 0.6 is 0 Å². The van der Waals surface area contributed by atoms with E-state index in [-0.39, 0.29) is 6.04 Å². The lowest BCUT2D eigenvalue weighted by Crippen LogP contribution is -2.07. The molecule has 0 amide bonds. The van der Waals surface area contributed by atoms with Crippen molar-refractivity contribution in [3.63, 3.8) is 0 Å². The lowest BCUT2D eigenvalue weighted by molar-refractivity contribution is 0.470. The number of ether oxygens (including phenoxy) is 1. The number of hydrogen-bond donors (Lipinski definition) is 1. The van der Waals surface area contributed by atoms with Crippen LogP contribution in [0.5, 0.6) is 11.5 Å². The average Bonchev–Trinajstić information content (AvgIpc) is 2.47. The van der Waals surface area contributed by atoms with Gasteiger partial charge in [-0.15, -0.1) is 0 Å². The van der Waals surface area contributed by atoms with E-state index in [0.29, 0.717) is 0 Å². The molecule has 0 unspecified atom stereocenters. The molecule has 0 saturated carbocycles. The van der Waals surface area contributed by atoms with Gasteiger partial charge in [0.05, 0.1) is 0 Å². The van der Waals surface area contributed by atoms with Crippen LogP contribution in [-0.4, -0.2) is 0 Å². The lowest BCUT2D eigenvalue weighted by Gasteiger charge is -2.18. The van der Waals surface area contributed by atoms with Gasteiger partial charge < -0.3 is 10.5 Å². The maximum absolute atomic E-state index is 6.06. The second-order valence-electron chi connectivity index (χ2n) is 5.57. The molecule has 2 aromatic carbocycles. The van der Waals surface area contributed by atoms with Crippen molar-refractivity contribution in [1.29, 1.82) is 0 Å². The number of fused-ring (bicyclic) bond motifs is 1. The van der Waals surface area contributed by atoms with Gasteiger partial charge in [-0.25, -0.2) is 0 Å². The van der Waals surface area contributed by atoms with Gasteiger partial charge >= 0.3 is 0 Å². The second kappa shape index (κ2) is 5.68. The Kier molecular flexibility index (Phi) is 3.75. The van der Waals surface area contributed by atoms with E-state index in [1.165, 1.54) is 36.8 Å². The van der Waals surface area contributed by atoms with Gasteiger partial charge in [0.25, 0.3) is 0 Å². The largest absolute Gasteiger partial charge is 0.457 e. The molecular formula is C18H21NO. The Hall–Kier alpha value is -1.80. The molecule has 0 saturated heterocycles. The lowest BCUT2D eigenvalue weighted by atomic mass is 9.92. The van der Waals surface area contributed by atoms with Gasteiger partial charge in [-0.2, -0.15) is 0 Å². The van der Waals surface area contributed by atoms with Crippen molar-refractivity contribution in [2.45, 2.75) is 38.6 Å². The molecule has 0 bridgehead atoms. The predicted molar refractivity (Wildman–Crippen MR) is 82.2 cm³/mol. The SMILES string of the molecule is C[C@H](N)c1ccccc1Oc1ccc2c(c1)CCCC2. The molecule has 0 spiro atoms. The molecule has 0 aromatic heterocycles. The van der Waals surface area contributed by atoms with Crippen LogP contribution in [0.15, 0.2) is 42.5 Å². The van der Waals surface area contributed by atoms with Gasteiger partial charge in [0.15, 0.2) is 0 Å². The molecule has 20 heavy (non-hydrogen) atoms. The molecule has 2 N–H and O–H groups in total. The molecule has 1 aliphatic rings. The third kappa shape index (κ3) is 2.70. The maximum atomic E-state index is 6.06. The van der Waals surface area contributed by atoms with E-state index in [0.717, 1.165) is 17.1 Å². The van der Waals surface area contributed by atoms with E-state index in [9.17, 15) is 0 Å². The van der Waals surface area contributed by atoms with Crippen LogP contribution in [0.4, 0.5) is 0 Å². The molecule has 2 heteroatoms. The van der Waals surface area contributed by atoms with Crippen LogP contribution in [0.1, 0.15) is 42.5 Å². The molecule has 0 fully saturated rings. The zero-order valence-corrected chi connectivity index (χ0v) is 11.9. The van der Waals surface area contributed by atoms with E-state index in [1.807, 2.05) is 31.2 Å². The summed E-state index contributed by atoms with van der Waals surface area (Å²) in [6, 6.07) is 14.4. The summed E-state index contributed by atoms with van der Waals surface area (Å²) in [6.45, 7) is 1.98. The van der Waals surface area contributed by atoms with Gasteiger partial charge in [0.1, 0.15) is 11.5 Å². The minimum absolute atomic E-state index is 0.0242. The summed E-state index contributed by atoms with van der Waals surface area (Å²) >= 11 is 0. The number of nitrogens with two attached hydrogens (primary N) is 1. The standard InChI is InChI=1S/C18H21NO/c1-13(19)17-8-4-5-9-18(17)20-16-11-10-14-6-2-3-7-15(14)12-16/h4-5,8-13H,2-3,6-7,19H2,1H3/t13-/m0/s1. The molecule has 2 nitrogen and oxygen atoms in total. The summed E-state index contributed by atoms with van der Waals surface area (Å²) in [7, 11) is 0. The first-order chi connectivity index (χ1) is 9.74. The van der Waals surface area contributed by atoms with Crippen molar-refractivity contribution in [2.24, 2.45) is 5.73 Å². The first-order valence-corrected chi connectivity index (χ1v) is 7.38. The fourth-order valence-corrected chi connectivity index (χ4v) is 2.85. The van der Waals surface area contributed by atoms with Crippen molar-refractivity contribution in [2.75, 3.05) is 0 Å². The Morgan fingerprint density at radius 1 is 1.00 bits per heavy atom. The van der Waals surface area contributed by atoms with Crippen molar-refractivity contribution in [3.8, 4) is 11.5 Å². The summed E-state index contributed by atoms with van der Waals surface area (Å²) in [4.78, 5) is 0. The quantitative estimate of drug-likeness (QED) is 0.895. The van der Waals surface area contributed by atoms with E-state index < -0.39 is 0 Å². The monoisotopic (exact) mass is 267 g/mol. The first kappa shape index (κ1) is 13.2. The Morgan fingerprint density at radius 2 is 1.75 bits per heavy atom. The molecule has 0 aliphatic heterocycles. The third-order valence-electron chi connectivity index (χ3n) is 3.96. The first-order valence-electron chi connectivity index (χ1n) is 7.38. The summed E-state index contributed by atoms with van der Waals surface area (Å²) < 4.78 is 6.06. The number of aryl methyl sites for hydroxylation is 2. The minimum atomic E-state index is -0.0242. The van der Waals surface area contributed by atoms with E-state index in [4.69, 9.17) is 10.5 Å². The number of benzene rings is 2. The molecule has 2 aromatic rings. The van der Waals surface area contributed by atoms with Crippen LogP contribution < -0.4 is 10.5 Å². The van der Waals surface area contributed by atoms with Gasteiger partial charge in [-0.1, -0.05) is 24.3 Å². The molecule has 0 heterocycles. The molecule has 1 aliphatic carbocycles. The highest BCUT2D eigenvalue weighted by Gasteiger charge is 2.12. The normalized spacial score (nSPS) is 15.5. The Bertz CT molecular complexity index is 604. The summed E-state index contributed by atoms with van der Waals surface area (Å²) in [5.41, 5.74) is 9.96. The molecule has 1 atom stereocenters. The van der Waals surface area contributed by atoms with Crippen LogP contribution in [0.2, 0.25) is 0 Å². The van der Waals surface area contributed by atoms with Crippen LogP contribution in [0.3, 0.4) is 0 Å². The maximum Gasteiger partial charge on any atom is 0.132 e. The van der Waals surface area contributed by atoms with Crippen molar-refractivity contribution >= 4 is 0 Å². The average molecular weight is 267 g/mol. The second-order valence-corrected chi connectivity index (χ2v) is 5.57. The summed E-state index contributed by atoms with van der Waals surface area (Å²) in [6.07, 6.45) is 4.96. The van der Waals surface area contributed by atoms with Crippen LogP contribution in [0.25, 0.3) is 0 Å². The van der Waals surface area contributed by atoms with E-state index in [1.54, 1.807) is 0 Å². The minimum Gasteiger partial charge on any atom is -0.457 e.